The molecule has 0 radical (unpaired) electrons. The largest absolute Gasteiger partial charge is 0.396 e. The molecular formula is C10H10Cl2N4. The first-order valence-electron chi connectivity index (χ1n) is 4.64. The molecule has 0 saturated carbocycles. The van der Waals surface area contributed by atoms with Gasteiger partial charge in [0.25, 0.3) is 0 Å². The number of anilines is 1. The molecule has 0 spiro atoms. The minimum Gasteiger partial charge on any atom is -0.396 e. The van der Waals surface area contributed by atoms with Gasteiger partial charge in [-0.2, -0.15) is 5.10 Å². The number of nitrogens with two attached hydrogens (primary N) is 1. The Balaban J connectivity index is 2.63. The predicted molar refractivity (Wildman–Crippen MR) is 65.3 cm³/mol. The molecule has 0 fully saturated rings. The fourth-order valence-corrected chi connectivity index (χ4v) is 1.74. The van der Waals surface area contributed by atoms with Crippen LogP contribution < -0.4 is 5.73 Å². The summed E-state index contributed by atoms with van der Waals surface area (Å²) in [4.78, 5) is 4.15. The molecule has 0 aliphatic heterocycles. The summed E-state index contributed by atoms with van der Waals surface area (Å²) < 4.78 is 1.61. The quantitative estimate of drug-likeness (QED) is 0.854. The van der Waals surface area contributed by atoms with Crippen LogP contribution in [0.4, 0.5) is 5.69 Å². The molecule has 0 atom stereocenters. The van der Waals surface area contributed by atoms with Crippen LogP contribution in [0.1, 0.15) is 11.4 Å². The van der Waals surface area contributed by atoms with Crippen molar-refractivity contribution in [3.05, 3.63) is 33.7 Å². The average Bonchev–Trinajstić information content (AvgIpc) is 2.46. The highest BCUT2D eigenvalue weighted by molar-refractivity contribution is 6.32. The fraction of sp³-hybridized carbons (Fsp3) is 0.200. The van der Waals surface area contributed by atoms with Crippen LogP contribution in [0.5, 0.6) is 0 Å². The molecule has 0 unspecified atom stereocenters. The van der Waals surface area contributed by atoms with Gasteiger partial charge in [0.05, 0.1) is 27.1 Å². The van der Waals surface area contributed by atoms with E-state index in [0.717, 1.165) is 11.4 Å². The van der Waals surface area contributed by atoms with Crippen molar-refractivity contribution >= 4 is 28.9 Å². The summed E-state index contributed by atoms with van der Waals surface area (Å²) in [5.74, 6) is 0.539. The summed E-state index contributed by atoms with van der Waals surface area (Å²) in [7, 11) is 0. The van der Waals surface area contributed by atoms with Crippen LogP contribution in [-0.2, 0) is 0 Å². The number of hydrogen-bond donors (Lipinski definition) is 1. The van der Waals surface area contributed by atoms with Gasteiger partial charge in [0, 0.05) is 6.20 Å². The lowest BCUT2D eigenvalue weighted by atomic mass is 10.3. The van der Waals surface area contributed by atoms with Gasteiger partial charge in [0.15, 0.2) is 5.82 Å². The molecule has 2 heterocycles. The first kappa shape index (κ1) is 11.2. The fourth-order valence-electron chi connectivity index (χ4n) is 1.45. The normalized spacial score (nSPS) is 10.8. The third-order valence-corrected chi connectivity index (χ3v) is 3.02. The minimum atomic E-state index is 0.467. The number of halogens is 2. The first-order valence-corrected chi connectivity index (χ1v) is 5.39. The Morgan fingerprint density at radius 2 is 2.00 bits per heavy atom. The zero-order chi connectivity index (χ0) is 11.9. The molecule has 16 heavy (non-hydrogen) atoms. The highest BCUT2D eigenvalue weighted by Crippen LogP contribution is 2.25. The van der Waals surface area contributed by atoms with Gasteiger partial charge in [-0.05, 0) is 19.9 Å². The van der Waals surface area contributed by atoms with Gasteiger partial charge < -0.3 is 5.73 Å². The third-order valence-electron chi connectivity index (χ3n) is 2.27. The molecule has 84 valence electrons. The van der Waals surface area contributed by atoms with E-state index in [2.05, 4.69) is 10.1 Å². The molecule has 0 saturated heterocycles. The van der Waals surface area contributed by atoms with Crippen LogP contribution in [0.15, 0.2) is 12.3 Å². The van der Waals surface area contributed by atoms with E-state index in [1.807, 2.05) is 13.8 Å². The molecule has 4 nitrogen and oxygen atoms in total. The maximum Gasteiger partial charge on any atom is 0.176 e. The zero-order valence-electron chi connectivity index (χ0n) is 8.83. The van der Waals surface area contributed by atoms with Crippen LogP contribution in [0.3, 0.4) is 0 Å². The van der Waals surface area contributed by atoms with Gasteiger partial charge in [-0.1, -0.05) is 23.2 Å². The summed E-state index contributed by atoms with van der Waals surface area (Å²) in [6.07, 6.45) is 1.53. The zero-order valence-corrected chi connectivity index (χ0v) is 10.3. The Morgan fingerprint density at radius 1 is 1.31 bits per heavy atom. The molecule has 0 aromatic carbocycles. The van der Waals surface area contributed by atoms with E-state index < -0.39 is 0 Å². The van der Waals surface area contributed by atoms with E-state index in [4.69, 9.17) is 28.9 Å². The van der Waals surface area contributed by atoms with Gasteiger partial charge in [0.1, 0.15) is 0 Å². The second-order valence-electron chi connectivity index (χ2n) is 3.46. The van der Waals surface area contributed by atoms with Gasteiger partial charge >= 0.3 is 0 Å². The summed E-state index contributed by atoms with van der Waals surface area (Å²) in [6, 6.07) is 1.63. The minimum absolute atomic E-state index is 0.467. The smallest absolute Gasteiger partial charge is 0.176 e. The molecule has 0 bridgehead atoms. The number of nitrogens with zero attached hydrogens (tertiary/aromatic N) is 3. The van der Waals surface area contributed by atoms with Crippen molar-refractivity contribution < 1.29 is 0 Å². The van der Waals surface area contributed by atoms with Gasteiger partial charge in [-0.3, -0.25) is 0 Å². The van der Waals surface area contributed by atoms with Crippen molar-refractivity contribution in [2.24, 2.45) is 0 Å². The number of aryl methyl sites for hydroxylation is 1. The summed E-state index contributed by atoms with van der Waals surface area (Å²) >= 11 is 11.8. The van der Waals surface area contributed by atoms with Crippen molar-refractivity contribution in [3.8, 4) is 5.82 Å². The SMILES string of the molecule is Cc1nn(-c2ncc(Cl)cc2N)c(C)c1Cl. The van der Waals surface area contributed by atoms with Gasteiger partial charge in [-0.25, -0.2) is 9.67 Å². The highest BCUT2D eigenvalue weighted by Gasteiger charge is 2.13. The standard InChI is InChI=1S/C10H10Cl2N4/c1-5-9(12)6(2)16(15-5)10-8(13)3-7(11)4-14-10/h3-4H,13H2,1-2H3. The van der Waals surface area contributed by atoms with E-state index in [0.29, 0.717) is 21.6 Å². The lowest BCUT2D eigenvalue weighted by Gasteiger charge is -2.06. The van der Waals surface area contributed by atoms with Crippen LogP contribution >= 0.6 is 23.2 Å². The Morgan fingerprint density at radius 3 is 2.50 bits per heavy atom. The Labute approximate surface area is 103 Å². The molecule has 0 amide bonds. The molecule has 2 N–H and O–H groups in total. The molecule has 2 aromatic heterocycles. The number of hydrogen-bond acceptors (Lipinski definition) is 3. The van der Waals surface area contributed by atoms with Crippen LogP contribution in [0.2, 0.25) is 10.0 Å². The average molecular weight is 257 g/mol. The van der Waals surface area contributed by atoms with Crippen molar-refractivity contribution in [3.63, 3.8) is 0 Å². The third kappa shape index (κ3) is 1.74. The van der Waals surface area contributed by atoms with E-state index >= 15 is 0 Å². The van der Waals surface area contributed by atoms with Crippen molar-refractivity contribution in [2.45, 2.75) is 13.8 Å². The number of aromatic nitrogens is 3. The van der Waals surface area contributed by atoms with E-state index in [1.54, 1.807) is 10.7 Å². The van der Waals surface area contributed by atoms with Crippen molar-refractivity contribution in [1.82, 2.24) is 14.8 Å². The topological polar surface area (TPSA) is 56.7 Å². The maximum atomic E-state index is 6.05. The first-order chi connectivity index (χ1) is 7.50. The van der Waals surface area contributed by atoms with E-state index in [9.17, 15) is 0 Å². The van der Waals surface area contributed by atoms with E-state index in [1.165, 1.54) is 6.20 Å². The summed E-state index contributed by atoms with van der Waals surface area (Å²) in [6.45, 7) is 3.69. The van der Waals surface area contributed by atoms with Crippen molar-refractivity contribution in [1.29, 1.82) is 0 Å². The molecule has 2 rings (SSSR count). The molecule has 2 aromatic rings. The number of rotatable bonds is 1. The lowest BCUT2D eigenvalue weighted by molar-refractivity contribution is 0.809. The van der Waals surface area contributed by atoms with Crippen LogP contribution in [0.25, 0.3) is 5.82 Å². The molecule has 0 aliphatic carbocycles. The van der Waals surface area contributed by atoms with Gasteiger partial charge in [0.2, 0.25) is 0 Å². The Bertz CT molecular complexity index is 548. The molecule has 6 heteroatoms. The van der Waals surface area contributed by atoms with Crippen molar-refractivity contribution in [2.75, 3.05) is 5.73 Å². The van der Waals surface area contributed by atoms with E-state index in [-0.39, 0.29) is 0 Å². The monoisotopic (exact) mass is 256 g/mol. The summed E-state index contributed by atoms with van der Waals surface area (Å²) in [5.41, 5.74) is 7.85. The Kier molecular flexibility index (Phi) is 2.78. The second kappa shape index (κ2) is 3.96. The lowest BCUT2D eigenvalue weighted by Crippen LogP contribution is -2.05. The second-order valence-corrected chi connectivity index (χ2v) is 4.28. The molecule has 0 aliphatic rings. The van der Waals surface area contributed by atoms with Gasteiger partial charge in [-0.15, -0.1) is 0 Å². The predicted octanol–water partition coefficient (Wildman–Crippen LogP) is 2.77. The highest BCUT2D eigenvalue weighted by atomic mass is 35.5. The molecular weight excluding hydrogens is 247 g/mol. The number of nitrogen functional groups attached to an aromatic ring is 1. The maximum absolute atomic E-state index is 6.05. The summed E-state index contributed by atoms with van der Waals surface area (Å²) in [5, 5.41) is 5.39. The van der Waals surface area contributed by atoms with Crippen LogP contribution in [0, 0.1) is 13.8 Å². The Hall–Kier alpha value is -1.26. The van der Waals surface area contributed by atoms with Crippen LogP contribution in [-0.4, -0.2) is 14.8 Å². The number of pyridine rings is 1.